The molecule has 1 aliphatic rings. The first-order valence-electron chi connectivity index (χ1n) is 10.2. The van der Waals surface area contributed by atoms with Crippen LogP contribution in [0.3, 0.4) is 0 Å². The van der Waals surface area contributed by atoms with Gasteiger partial charge in [-0.1, -0.05) is 42.0 Å². The Morgan fingerprint density at radius 2 is 1.87 bits per heavy atom. The topological polar surface area (TPSA) is 55.8 Å². The maximum absolute atomic E-state index is 13.3. The number of esters is 1. The third kappa shape index (κ3) is 4.49. The van der Waals surface area contributed by atoms with Gasteiger partial charge >= 0.3 is 5.97 Å². The van der Waals surface area contributed by atoms with Crippen molar-refractivity contribution in [2.24, 2.45) is 0 Å². The molecular formula is C25H25NO4S. The van der Waals surface area contributed by atoms with Gasteiger partial charge in [0.25, 0.3) is 5.91 Å². The smallest absolute Gasteiger partial charge is 0.328 e. The van der Waals surface area contributed by atoms with E-state index in [0.29, 0.717) is 24.4 Å². The Hall–Kier alpha value is -3.12. The zero-order valence-corrected chi connectivity index (χ0v) is 18.7. The van der Waals surface area contributed by atoms with Crippen LogP contribution < -0.4 is 4.74 Å². The maximum Gasteiger partial charge on any atom is 0.328 e. The molecule has 4 rings (SSSR count). The molecule has 1 aromatic heterocycles. The fraction of sp³-hybridized carbons (Fsp3) is 0.280. The number of rotatable bonds is 5. The molecule has 3 aromatic rings. The monoisotopic (exact) mass is 435 g/mol. The first-order valence-corrected chi connectivity index (χ1v) is 11.1. The number of benzene rings is 2. The highest BCUT2D eigenvalue weighted by molar-refractivity contribution is 7.12. The lowest BCUT2D eigenvalue weighted by Gasteiger charge is -2.34. The van der Waals surface area contributed by atoms with Crippen molar-refractivity contribution in [1.29, 1.82) is 0 Å². The number of hydrogen-bond acceptors (Lipinski definition) is 5. The van der Waals surface area contributed by atoms with Crippen LogP contribution in [0.15, 0.2) is 53.9 Å². The number of carbonyl (C=O) groups excluding carboxylic acids is 2. The zero-order chi connectivity index (χ0) is 22.0. The second-order valence-corrected chi connectivity index (χ2v) is 8.73. The molecule has 0 aliphatic carbocycles. The number of ether oxygens (including phenoxy) is 2. The van der Waals surface area contributed by atoms with E-state index in [9.17, 15) is 9.59 Å². The van der Waals surface area contributed by atoms with Crippen LogP contribution in [-0.2, 0) is 29.1 Å². The Morgan fingerprint density at radius 3 is 2.61 bits per heavy atom. The zero-order valence-electron chi connectivity index (χ0n) is 17.9. The van der Waals surface area contributed by atoms with E-state index in [1.165, 1.54) is 24.0 Å². The highest BCUT2D eigenvalue weighted by Gasteiger charge is 2.36. The highest BCUT2D eigenvalue weighted by Crippen LogP contribution is 2.28. The van der Waals surface area contributed by atoms with Crippen LogP contribution >= 0.6 is 11.3 Å². The lowest BCUT2D eigenvalue weighted by Crippen LogP contribution is -2.49. The van der Waals surface area contributed by atoms with Crippen LogP contribution in [0.5, 0.6) is 5.75 Å². The van der Waals surface area contributed by atoms with Gasteiger partial charge in [0.05, 0.1) is 12.0 Å². The first-order chi connectivity index (χ1) is 15.0. The minimum absolute atomic E-state index is 0.160. The molecule has 0 bridgehead atoms. The molecule has 0 saturated heterocycles. The summed E-state index contributed by atoms with van der Waals surface area (Å²) in [6.45, 7) is 4.85. The van der Waals surface area contributed by atoms with Gasteiger partial charge in [-0.05, 0) is 48.1 Å². The van der Waals surface area contributed by atoms with Crippen LogP contribution in [0.4, 0.5) is 0 Å². The lowest BCUT2D eigenvalue weighted by molar-refractivity contribution is -0.146. The van der Waals surface area contributed by atoms with E-state index in [0.717, 1.165) is 28.0 Å². The molecule has 1 atom stereocenters. The maximum atomic E-state index is 13.3. The molecule has 5 nitrogen and oxygen atoms in total. The Labute approximate surface area is 186 Å². The van der Waals surface area contributed by atoms with E-state index in [-0.39, 0.29) is 5.91 Å². The summed E-state index contributed by atoms with van der Waals surface area (Å²) in [5.41, 5.74) is 5.35. The molecule has 1 aliphatic heterocycles. The van der Waals surface area contributed by atoms with Gasteiger partial charge in [0.15, 0.2) is 0 Å². The van der Waals surface area contributed by atoms with Crippen LogP contribution in [0, 0.1) is 13.8 Å². The van der Waals surface area contributed by atoms with Gasteiger partial charge in [0.2, 0.25) is 0 Å². The number of amides is 1. The average Bonchev–Trinajstić information content (AvgIpc) is 3.25. The van der Waals surface area contributed by atoms with E-state index in [1.54, 1.807) is 4.90 Å². The molecule has 0 fully saturated rings. The molecule has 2 heterocycles. The molecule has 31 heavy (non-hydrogen) atoms. The Kier molecular flexibility index (Phi) is 6.09. The molecule has 0 radical (unpaired) electrons. The number of thiophene rings is 1. The summed E-state index contributed by atoms with van der Waals surface area (Å²) in [6, 6.07) is 15.2. The number of nitrogens with zero attached hydrogens (tertiary/aromatic N) is 1. The van der Waals surface area contributed by atoms with Gasteiger partial charge in [-0.3, -0.25) is 4.79 Å². The van der Waals surface area contributed by atoms with E-state index in [2.05, 4.69) is 6.07 Å². The number of methoxy groups -OCH3 is 1. The van der Waals surface area contributed by atoms with Crippen molar-refractivity contribution in [1.82, 2.24) is 4.90 Å². The minimum atomic E-state index is -0.621. The molecule has 0 saturated carbocycles. The first kappa shape index (κ1) is 21.1. The molecule has 0 N–H and O–H groups in total. The Balaban J connectivity index is 1.51. The van der Waals surface area contributed by atoms with Crippen molar-refractivity contribution in [3.63, 3.8) is 0 Å². The van der Waals surface area contributed by atoms with Crippen LogP contribution in [-0.4, -0.2) is 29.9 Å². The molecule has 160 valence electrons. The SMILES string of the molecule is COC(=O)C1Cc2ccccc2CN1C(=O)c1cc(COc2ccc(C)cc2C)cs1. The number of aryl methyl sites for hydroxylation is 2. The third-order valence-electron chi connectivity index (χ3n) is 5.57. The predicted octanol–water partition coefficient (Wildman–Crippen LogP) is 4.68. The standard InChI is InChI=1S/C25H25NO4S/c1-16-8-9-22(17(2)10-16)30-14-18-11-23(31-15-18)24(27)26-13-20-7-5-4-6-19(20)12-21(26)25(28)29-3/h4-11,15,21H,12-14H2,1-3H3. The summed E-state index contributed by atoms with van der Waals surface area (Å²) in [4.78, 5) is 27.9. The van der Waals surface area contributed by atoms with E-state index in [4.69, 9.17) is 9.47 Å². The normalized spacial score (nSPS) is 15.3. The molecule has 0 spiro atoms. The number of fused-ring (bicyclic) bond motifs is 1. The van der Waals surface area contributed by atoms with Crippen LogP contribution in [0.1, 0.15) is 37.5 Å². The van der Waals surface area contributed by atoms with Gasteiger partial charge < -0.3 is 14.4 Å². The summed E-state index contributed by atoms with van der Waals surface area (Å²) in [5, 5.41) is 1.93. The Morgan fingerprint density at radius 1 is 1.10 bits per heavy atom. The van der Waals surface area contributed by atoms with Crippen LogP contribution in [0.25, 0.3) is 0 Å². The second-order valence-electron chi connectivity index (χ2n) is 7.82. The van der Waals surface area contributed by atoms with Crippen molar-refractivity contribution in [3.8, 4) is 5.75 Å². The summed E-state index contributed by atoms with van der Waals surface area (Å²) in [5.74, 6) is 0.286. The Bertz CT molecular complexity index is 1120. The van der Waals surface area contributed by atoms with Crippen molar-refractivity contribution in [2.75, 3.05) is 7.11 Å². The van der Waals surface area contributed by atoms with Gasteiger partial charge in [-0.15, -0.1) is 11.3 Å². The third-order valence-corrected chi connectivity index (χ3v) is 6.54. The van der Waals surface area contributed by atoms with E-state index < -0.39 is 12.0 Å². The van der Waals surface area contributed by atoms with E-state index in [1.807, 2.05) is 61.7 Å². The highest BCUT2D eigenvalue weighted by atomic mass is 32.1. The molecule has 1 unspecified atom stereocenters. The second kappa shape index (κ2) is 8.94. The van der Waals surface area contributed by atoms with Gasteiger partial charge in [-0.2, -0.15) is 0 Å². The van der Waals surface area contributed by atoms with Crippen LogP contribution in [0.2, 0.25) is 0 Å². The average molecular weight is 436 g/mol. The summed E-state index contributed by atoms with van der Waals surface area (Å²) in [6.07, 6.45) is 0.461. The summed E-state index contributed by atoms with van der Waals surface area (Å²) in [7, 11) is 1.36. The van der Waals surface area contributed by atoms with Gasteiger partial charge in [0, 0.05) is 18.5 Å². The van der Waals surface area contributed by atoms with E-state index >= 15 is 0 Å². The fourth-order valence-electron chi connectivity index (χ4n) is 3.91. The van der Waals surface area contributed by atoms with Gasteiger partial charge in [-0.25, -0.2) is 4.79 Å². The largest absolute Gasteiger partial charge is 0.489 e. The van der Waals surface area contributed by atoms with Crippen molar-refractivity contribution in [2.45, 2.75) is 39.5 Å². The quantitative estimate of drug-likeness (QED) is 0.546. The van der Waals surface area contributed by atoms with Crippen molar-refractivity contribution in [3.05, 3.63) is 86.6 Å². The summed E-state index contributed by atoms with van der Waals surface area (Å²) >= 11 is 1.37. The molecule has 2 aromatic carbocycles. The minimum Gasteiger partial charge on any atom is -0.489 e. The molecule has 1 amide bonds. The van der Waals surface area contributed by atoms with Gasteiger partial charge in [0.1, 0.15) is 18.4 Å². The molecule has 6 heteroatoms. The predicted molar refractivity (Wildman–Crippen MR) is 120 cm³/mol. The number of carbonyl (C=O) groups is 2. The van der Waals surface area contributed by atoms with Crippen molar-refractivity contribution >= 4 is 23.2 Å². The summed E-state index contributed by atoms with van der Waals surface area (Å²) < 4.78 is 10.9. The van der Waals surface area contributed by atoms with Crippen molar-refractivity contribution < 1.29 is 19.1 Å². The number of hydrogen-bond donors (Lipinski definition) is 0. The fourth-order valence-corrected chi connectivity index (χ4v) is 4.76. The molecular weight excluding hydrogens is 410 g/mol. The lowest BCUT2D eigenvalue weighted by atomic mass is 9.93.